The highest BCUT2D eigenvalue weighted by Gasteiger charge is 2.37. The number of benzene rings is 1. The highest BCUT2D eigenvalue weighted by molar-refractivity contribution is 5.82. The molecule has 1 saturated carbocycles. The molecule has 1 aromatic carbocycles. The number of carbonyl (C=O) groups excluding carboxylic acids is 1. The maximum absolute atomic E-state index is 12.4. The van der Waals surface area contributed by atoms with Gasteiger partial charge in [0.25, 0.3) is 0 Å². The van der Waals surface area contributed by atoms with Crippen molar-refractivity contribution in [2.75, 3.05) is 0 Å². The van der Waals surface area contributed by atoms with Gasteiger partial charge in [-0.3, -0.25) is 9.78 Å². The van der Waals surface area contributed by atoms with Gasteiger partial charge < -0.3 is 10.4 Å². The van der Waals surface area contributed by atoms with Crippen molar-refractivity contribution in [1.82, 2.24) is 10.3 Å². The largest absolute Gasteiger partial charge is 0.393 e. The van der Waals surface area contributed by atoms with Crippen LogP contribution in [0.15, 0.2) is 36.5 Å². The molecule has 0 unspecified atom stereocenters. The van der Waals surface area contributed by atoms with Crippen LogP contribution in [0.5, 0.6) is 0 Å². The van der Waals surface area contributed by atoms with E-state index in [9.17, 15) is 9.90 Å². The summed E-state index contributed by atoms with van der Waals surface area (Å²) in [4.78, 5) is 17.0. The number of fused-ring (bicyclic) bond motifs is 1. The van der Waals surface area contributed by atoms with Crippen LogP contribution in [0.2, 0.25) is 0 Å². The second-order valence-corrected chi connectivity index (χ2v) is 7.55. The molecule has 0 bridgehead atoms. The fourth-order valence-corrected chi connectivity index (χ4v) is 2.99. The molecule has 1 fully saturated rings. The summed E-state index contributed by atoms with van der Waals surface area (Å²) in [6, 6.07) is 9.97. The van der Waals surface area contributed by atoms with Crippen molar-refractivity contribution in [1.29, 1.82) is 0 Å². The maximum Gasteiger partial charge on any atom is 0.225 e. The van der Waals surface area contributed by atoms with Gasteiger partial charge in [0.15, 0.2) is 0 Å². The number of aliphatic hydroxyl groups excluding tert-OH is 1. The van der Waals surface area contributed by atoms with Crippen LogP contribution < -0.4 is 5.32 Å². The van der Waals surface area contributed by atoms with E-state index in [-0.39, 0.29) is 24.0 Å². The molecule has 1 heterocycles. The fraction of sp³-hybridized carbons (Fsp3) is 0.474. The average Bonchev–Trinajstić information content (AvgIpc) is 2.48. The molecule has 1 atom stereocenters. The first-order valence-electron chi connectivity index (χ1n) is 8.18. The maximum atomic E-state index is 12.4. The summed E-state index contributed by atoms with van der Waals surface area (Å²) in [7, 11) is 0. The van der Waals surface area contributed by atoms with E-state index in [0.29, 0.717) is 0 Å². The minimum Gasteiger partial charge on any atom is -0.393 e. The van der Waals surface area contributed by atoms with Crippen LogP contribution >= 0.6 is 0 Å². The zero-order chi connectivity index (χ0) is 16.6. The van der Waals surface area contributed by atoms with Crippen molar-refractivity contribution < 1.29 is 9.90 Å². The number of hydrogen-bond donors (Lipinski definition) is 2. The third-order valence-electron chi connectivity index (χ3n) is 4.56. The molecular formula is C19H24N2O2. The number of aliphatic hydroxyl groups is 1. The number of rotatable bonds is 3. The minimum atomic E-state index is -0.440. The third-order valence-corrected chi connectivity index (χ3v) is 4.56. The third kappa shape index (κ3) is 3.37. The van der Waals surface area contributed by atoms with Crippen molar-refractivity contribution in [3.05, 3.63) is 42.1 Å². The lowest BCUT2D eigenvalue weighted by molar-refractivity contribution is -0.130. The Labute approximate surface area is 136 Å². The molecule has 2 aromatic rings. The van der Waals surface area contributed by atoms with E-state index in [2.05, 4.69) is 16.4 Å². The summed E-state index contributed by atoms with van der Waals surface area (Å²) in [6.45, 7) is 5.73. The normalized spacial score (nSPS) is 22.4. The second kappa shape index (κ2) is 5.93. The molecule has 4 nitrogen and oxygen atoms in total. The van der Waals surface area contributed by atoms with Crippen molar-refractivity contribution in [3.63, 3.8) is 0 Å². The number of aromatic nitrogens is 1. The molecule has 0 spiro atoms. The summed E-state index contributed by atoms with van der Waals surface area (Å²) in [6.07, 6.45) is 3.05. The van der Waals surface area contributed by atoms with E-state index in [4.69, 9.17) is 0 Å². The Morgan fingerprint density at radius 3 is 2.65 bits per heavy atom. The SMILES string of the molecule is CC(C)(C)C(=O)N[C@H](c1cnc2ccccc2c1)C1CC(O)C1. The van der Waals surface area contributed by atoms with Gasteiger partial charge in [-0.25, -0.2) is 0 Å². The van der Waals surface area contributed by atoms with Gasteiger partial charge in [0.05, 0.1) is 17.7 Å². The number of nitrogens with zero attached hydrogens (tertiary/aromatic N) is 1. The molecule has 4 heteroatoms. The molecule has 0 aliphatic heterocycles. The lowest BCUT2D eigenvalue weighted by atomic mass is 9.75. The van der Waals surface area contributed by atoms with Gasteiger partial charge in [-0.2, -0.15) is 0 Å². The zero-order valence-corrected chi connectivity index (χ0v) is 13.9. The van der Waals surface area contributed by atoms with Crippen LogP contribution in [0.3, 0.4) is 0 Å². The first kappa shape index (κ1) is 15.9. The van der Waals surface area contributed by atoms with Crippen LogP contribution in [0.25, 0.3) is 10.9 Å². The van der Waals surface area contributed by atoms with Gasteiger partial charge in [0, 0.05) is 17.0 Å². The van der Waals surface area contributed by atoms with E-state index in [1.807, 2.05) is 51.2 Å². The molecule has 3 rings (SSSR count). The Kier molecular flexibility index (Phi) is 4.11. The van der Waals surface area contributed by atoms with Crippen LogP contribution in [0.4, 0.5) is 0 Å². The lowest BCUT2D eigenvalue weighted by Crippen LogP contribution is -2.44. The molecule has 1 amide bonds. The van der Waals surface area contributed by atoms with Gasteiger partial charge in [0.2, 0.25) is 5.91 Å². The standard InChI is InChI=1S/C19H24N2O2/c1-19(2,3)18(23)21-17(13-9-15(22)10-13)14-8-12-6-4-5-7-16(12)20-11-14/h4-8,11,13,15,17,22H,9-10H2,1-3H3,(H,21,23)/t13?,15?,17-/m0/s1. The van der Waals surface area contributed by atoms with E-state index < -0.39 is 5.41 Å². The summed E-state index contributed by atoms with van der Waals surface area (Å²) >= 11 is 0. The Hall–Kier alpha value is -1.94. The van der Waals surface area contributed by atoms with Gasteiger partial charge in [0.1, 0.15) is 0 Å². The van der Waals surface area contributed by atoms with Crippen LogP contribution in [0, 0.1) is 11.3 Å². The van der Waals surface area contributed by atoms with Gasteiger partial charge >= 0.3 is 0 Å². The molecule has 23 heavy (non-hydrogen) atoms. The number of para-hydroxylation sites is 1. The molecular weight excluding hydrogens is 288 g/mol. The monoisotopic (exact) mass is 312 g/mol. The molecule has 1 aliphatic carbocycles. The van der Waals surface area contributed by atoms with Gasteiger partial charge in [-0.1, -0.05) is 39.0 Å². The Balaban J connectivity index is 1.91. The fourth-order valence-electron chi connectivity index (χ4n) is 2.99. The highest BCUT2D eigenvalue weighted by Crippen LogP contribution is 2.39. The molecule has 0 saturated heterocycles. The number of nitrogens with one attached hydrogen (secondary N) is 1. The first-order valence-corrected chi connectivity index (χ1v) is 8.18. The summed E-state index contributed by atoms with van der Waals surface area (Å²) in [5.41, 5.74) is 1.52. The zero-order valence-electron chi connectivity index (χ0n) is 13.9. The quantitative estimate of drug-likeness (QED) is 0.915. The Morgan fingerprint density at radius 2 is 2.00 bits per heavy atom. The van der Waals surface area contributed by atoms with E-state index >= 15 is 0 Å². The van der Waals surface area contributed by atoms with Crippen molar-refractivity contribution in [2.24, 2.45) is 11.3 Å². The Bertz CT molecular complexity index is 715. The minimum absolute atomic E-state index is 0.0250. The van der Waals surface area contributed by atoms with E-state index in [1.54, 1.807) is 0 Å². The second-order valence-electron chi connectivity index (χ2n) is 7.55. The van der Waals surface area contributed by atoms with E-state index in [0.717, 1.165) is 29.3 Å². The highest BCUT2D eigenvalue weighted by atomic mass is 16.3. The molecule has 1 aromatic heterocycles. The number of amides is 1. The Morgan fingerprint density at radius 1 is 1.30 bits per heavy atom. The number of hydrogen-bond acceptors (Lipinski definition) is 3. The summed E-state index contributed by atoms with van der Waals surface area (Å²) < 4.78 is 0. The smallest absolute Gasteiger partial charge is 0.225 e. The number of carbonyl (C=O) groups is 1. The van der Waals surface area contributed by atoms with Gasteiger partial charge in [-0.15, -0.1) is 0 Å². The van der Waals surface area contributed by atoms with Crippen LogP contribution in [-0.2, 0) is 4.79 Å². The molecule has 2 N–H and O–H groups in total. The average molecular weight is 312 g/mol. The molecule has 1 aliphatic rings. The molecule has 0 radical (unpaired) electrons. The van der Waals surface area contributed by atoms with Crippen molar-refractivity contribution >= 4 is 16.8 Å². The topological polar surface area (TPSA) is 62.2 Å². The predicted molar refractivity (Wildman–Crippen MR) is 90.8 cm³/mol. The van der Waals surface area contributed by atoms with Gasteiger partial charge in [-0.05, 0) is 36.5 Å². The summed E-state index contributed by atoms with van der Waals surface area (Å²) in [5.74, 6) is 0.288. The van der Waals surface area contributed by atoms with Crippen molar-refractivity contribution in [3.8, 4) is 0 Å². The van der Waals surface area contributed by atoms with Crippen molar-refractivity contribution in [2.45, 2.75) is 45.8 Å². The molecule has 122 valence electrons. The number of pyridine rings is 1. The van der Waals surface area contributed by atoms with E-state index in [1.165, 1.54) is 0 Å². The summed E-state index contributed by atoms with van der Waals surface area (Å²) in [5, 5.41) is 13.9. The first-order chi connectivity index (χ1) is 10.8. The lowest BCUT2D eigenvalue weighted by Gasteiger charge is -2.39. The van der Waals surface area contributed by atoms with Crippen LogP contribution in [-0.4, -0.2) is 22.1 Å². The predicted octanol–water partition coefficient (Wildman–Crippen LogP) is 3.21. The van der Waals surface area contributed by atoms with Crippen LogP contribution in [0.1, 0.15) is 45.2 Å².